The van der Waals surface area contributed by atoms with Crippen LogP contribution >= 0.6 is 0 Å². The summed E-state index contributed by atoms with van der Waals surface area (Å²) in [5, 5.41) is 2.72. The quantitative estimate of drug-likeness (QED) is 0.666. The molecule has 1 saturated heterocycles. The van der Waals surface area contributed by atoms with E-state index in [4.69, 9.17) is 5.73 Å². The summed E-state index contributed by atoms with van der Waals surface area (Å²) in [4.78, 5) is 24.2. The second-order valence-corrected chi connectivity index (χ2v) is 5.49. The molecule has 0 aromatic heterocycles. The van der Waals surface area contributed by atoms with E-state index in [0.29, 0.717) is 12.1 Å². The molecule has 1 fully saturated rings. The van der Waals surface area contributed by atoms with Crippen LogP contribution in [0.1, 0.15) is 18.4 Å². The van der Waals surface area contributed by atoms with Gasteiger partial charge in [0.05, 0.1) is 19.0 Å². The van der Waals surface area contributed by atoms with Gasteiger partial charge in [0.15, 0.2) is 6.54 Å². The predicted molar refractivity (Wildman–Crippen MR) is 75.7 cm³/mol. The summed E-state index contributed by atoms with van der Waals surface area (Å²) in [5.41, 5.74) is 5.78. The van der Waals surface area contributed by atoms with E-state index in [1.165, 1.54) is 6.07 Å². The number of rotatable bonds is 5. The summed E-state index contributed by atoms with van der Waals surface area (Å²) < 4.78 is 13.4. The number of quaternary nitrogens is 1. The zero-order valence-corrected chi connectivity index (χ0v) is 11.9. The van der Waals surface area contributed by atoms with Crippen molar-refractivity contribution < 1.29 is 18.9 Å². The first-order chi connectivity index (χ1) is 10.1. The van der Waals surface area contributed by atoms with Gasteiger partial charge in [-0.2, -0.15) is 0 Å². The molecule has 1 aromatic rings. The van der Waals surface area contributed by atoms with E-state index < -0.39 is 0 Å². The average molecular weight is 294 g/mol. The molecule has 0 spiro atoms. The van der Waals surface area contributed by atoms with Crippen molar-refractivity contribution >= 4 is 11.8 Å². The number of hydrogen-bond acceptors (Lipinski definition) is 2. The monoisotopic (exact) mass is 294 g/mol. The Morgan fingerprint density at radius 3 is 2.86 bits per heavy atom. The van der Waals surface area contributed by atoms with Crippen molar-refractivity contribution in [2.45, 2.75) is 19.4 Å². The number of benzene rings is 1. The summed E-state index contributed by atoms with van der Waals surface area (Å²) in [6.07, 6.45) is 1.69. The number of piperidine rings is 1. The maximum absolute atomic E-state index is 13.4. The number of primary amides is 1. The average Bonchev–Trinajstić information content (AvgIpc) is 2.46. The second-order valence-electron chi connectivity index (χ2n) is 5.49. The number of carbonyl (C=O) groups is 2. The third-order valence-corrected chi connectivity index (χ3v) is 3.86. The van der Waals surface area contributed by atoms with Gasteiger partial charge in [-0.25, -0.2) is 4.39 Å². The molecule has 1 unspecified atom stereocenters. The second kappa shape index (κ2) is 7.17. The lowest BCUT2D eigenvalue weighted by molar-refractivity contribution is -0.899. The van der Waals surface area contributed by atoms with E-state index in [-0.39, 0.29) is 36.6 Å². The Bertz CT molecular complexity index is 521. The topological polar surface area (TPSA) is 76.6 Å². The zero-order chi connectivity index (χ0) is 15.2. The highest BCUT2D eigenvalue weighted by Crippen LogP contribution is 2.06. The summed E-state index contributed by atoms with van der Waals surface area (Å²) >= 11 is 0. The highest BCUT2D eigenvalue weighted by atomic mass is 19.1. The van der Waals surface area contributed by atoms with E-state index in [2.05, 4.69) is 5.32 Å². The van der Waals surface area contributed by atoms with Crippen molar-refractivity contribution in [3.05, 3.63) is 35.6 Å². The SMILES string of the molecule is NC(=O)[C@@H]1CCC[NH+](CC(=O)NCc2ccccc2F)C1. The molecular weight excluding hydrogens is 273 g/mol. The lowest BCUT2D eigenvalue weighted by Gasteiger charge is -2.27. The fraction of sp³-hybridized carbons (Fsp3) is 0.467. The molecule has 0 saturated carbocycles. The minimum Gasteiger partial charge on any atom is -0.369 e. The van der Waals surface area contributed by atoms with Crippen LogP contribution in [-0.2, 0) is 16.1 Å². The van der Waals surface area contributed by atoms with Gasteiger partial charge in [0.1, 0.15) is 5.82 Å². The van der Waals surface area contributed by atoms with Crippen LogP contribution in [0.3, 0.4) is 0 Å². The third-order valence-electron chi connectivity index (χ3n) is 3.86. The molecule has 6 heteroatoms. The molecule has 2 amide bonds. The molecule has 1 heterocycles. The maximum atomic E-state index is 13.4. The first kappa shape index (κ1) is 15.4. The highest BCUT2D eigenvalue weighted by Gasteiger charge is 2.28. The van der Waals surface area contributed by atoms with Crippen LogP contribution < -0.4 is 16.0 Å². The van der Waals surface area contributed by atoms with Gasteiger partial charge < -0.3 is 16.0 Å². The highest BCUT2D eigenvalue weighted by molar-refractivity contribution is 5.77. The number of nitrogens with one attached hydrogen (secondary N) is 2. The van der Waals surface area contributed by atoms with E-state index in [0.717, 1.165) is 24.3 Å². The lowest BCUT2D eigenvalue weighted by Crippen LogP contribution is -3.15. The maximum Gasteiger partial charge on any atom is 0.275 e. The van der Waals surface area contributed by atoms with Gasteiger partial charge in [0.2, 0.25) is 5.91 Å². The van der Waals surface area contributed by atoms with E-state index in [9.17, 15) is 14.0 Å². The molecule has 1 aromatic carbocycles. The van der Waals surface area contributed by atoms with Crippen molar-refractivity contribution in [3.8, 4) is 0 Å². The molecule has 2 atom stereocenters. The van der Waals surface area contributed by atoms with E-state index in [1.54, 1.807) is 18.2 Å². The number of hydrogen-bond donors (Lipinski definition) is 3. The Balaban J connectivity index is 1.79. The lowest BCUT2D eigenvalue weighted by atomic mass is 9.97. The van der Waals surface area contributed by atoms with Crippen molar-refractivity contribution in [1.82, 2.24) is 5.32 Å². The Morgan fingerprint density at radius 2 is 2.14 bits per heavy atom. The van der Waals surface area contributed by atoms with Crippen LogP contribution in [0.25, 0.3) is 0 Å². The minimum absolute atomic E-state index is 0.140. The van der Waals surface area contributed by atoms with Gasteiger partial charge in [-0.05, 0) is 18.9 Å². The van der Waals surface area contributed by atoms with Crippen LogP contribution in [0, 0.1) is 11.7 Å². The molecule has 5 nitrogen and oxygen atoms in total. The molecule has 2 rings (SSSR count). The Kier molecular flexibility index (Phi) is 5.27. The van der Waals surface area contributed by atoms with Crippen molar-refractivity contribution in [1.29, 1.82) is 0 Å². The molecule has 0 aliphatic carbocycles. The van der Waals surface area contributed by atoms with Gasteiger partial charge >= 0.3 is 0 Å². The van der Waals surface area contributed by atoms with Crippen molar-refractivity contribution in [2.75, 3.05) is 19.6 Å². The number of carbonyl (C=O) groups excluding carboxylic acids is 2. The molecule has 4 N–H and O–H groups in total. The molecule has 0 bridgehead atoms. The number of halogens is 1. The van der Waals surface area contributed by atoms with Gasteiger partial charge in [-0.15, -0.1) is 0 Å². The number of nitrogens with two attached hydrogens (primary N) is 1. The first-order valence-electron chi connectivity index (χ1n) is 7.19. The van der Waals surface area contributed by atoms with Crippen LogP contribution in [0.4, 0.5) is 4.39 Å². The van der Waals surface area contributed by atoms with E-state index in [1.807, 2.05) is 0 Å². The third kappa shape index (κ3) is 4.53. The molecule has 21 heavy (non-hydrogen) atoms. The smallest absolute Gasteiger partial charge is 0.275 e. The molecule has 114 valence electrons. The minimum atomic E-state index is -0.322. The largest absolute Gasteiger partial charge is 0.369 e. The van der Waals surface area contributed by atoms with Crippen LogP contribution in [0.5, 0.6) is 0 Å². The molecule has 0 radical (unpaired) electrons. The standard InChI is InChI=1S/C15H20FN3O2/c16-13-6-2-1-4-11(13)8-18-14(20)10-19-7-3-5-12(9-19)15(17)21/h1-2,4,6,12H,3,5,7-10H2,(H2,17,21)(H,18,20)/p+1/t12-/m1/s1. The van der Waals surface area contributed by atoms with Gasteiger partial charge in [0, 0.05) is 12.1 Å². The van der Waals surface area contributed by atoms with Crippen LogP contribution in [0.15, 0.2) is 24.3 Å². The van der Waals surface area contributed by atoms with Gasteiger partial charge in [-0.3, -0.25) is 9.59 Å². The van der Waals surface area contributed by atoms with Gasteiger partial charge in [-0.1, -0.05) is 18.2 Å². The fourth-order valence-corrected chi connectivity index (χ4v) is 2.68. The van der Waals surface area contributed by atoms with Crippen molar-refractivity contribution in [2.24, 2.45) is 11.7 Å². The zero-order valence-electron chi connectivity index (χ0n) is 11.9. The molecule has 1 aliphatic rings. The van der Waals surface area contributed by atoms with Crippen LogP contribution in [0.2, 0.25) is 0 Å². The van der Waals surface area contributed by atoms with Crippen LogP contribution in [-0.4, -0.2) is 31.4 Å². The van der Waals surface area contributed by atoms with Gasteiger partial charge in [0.25, 0.3) is 5.91 Å². The molecule has 1 aliphatic heterocycles. The Morgan fingerprint density at radius 1 is 1.38 bits per heavy atom. The normalized spacial score (nSPS) is 21.8. The number of likely N-dealkylation sites (tertiary alicyclic amines) is 1. The summed E-state index contributed by atoms with van der Waals surface area (Å²) in [6.45, 7) is 1.93. The molecular formula is C15H21FN3O2+. The summed E-state index contributed by atoms with van der Waals surface area (Å²) in [5.74, 6) is -0.901. The number of amides is 2. The predicted octanol–water partition coefficient (Wildman–Crippen LogP) is -0.778. The van der Waals surface area contributed by atoms with E-state index >= 15 is 0 Å². The Hall–Kier alpha value is -1.95. The first-order valence-corrected chi connectivity index (χ1v) is 7.19. The fourth-order valence-electron chi connectivity index (χ4n) is 2.68. The summed E-state index contributed by atoms with van der Waals surface area (Å²) in [6, 6.07) is 6.36. The Labute approximate surface area is 123 Å². The van der Waals surface area contributed by atoms with Crippen molar-refractivity contribution in [3.63, 3.8) is 0 Å². The summed E-state index contributed by atoms with van der Waals surface area (Å²) in [7, 11) is 0.